The summed E-state index contributed by atoms with van der Waals surface area (Å²) in [7, 11) is -3.42. The Bertz CT molecular complexity index is 715. The number of amides is 2. The van der Waals surface area contributed by atoms with E-state index in [9.17, 15) is 13.2 Å². The molecule has 0 spiro atoms. The Morgan fingerprint density at radius 3 is 2.56 bits per heavy atom. The molecule has 9 heteroatoms. The number of morpholine rings is 1. The zero-order valence-electron chi connectivity index (χ0n) is 16.1. The summed E-state index contributed by atoms with van der Waals surface area (Å²) in [5.41, 5.74) is 1.10. The zero-order valence-corrected chi connectivity index (χ0v) is 16.9. The molecule has 2 atom stereocenters. The van der Waals surface area contributed by atoms with Crippen molar-refractivity contribution in [2.45, 2.75) is 33.0 Å². The number of rotatable bonds is 8. The number of sulfonamides is 1. The van der Waals surface area contributed by atoms with Crippen LogP contribution in [0.5, 0.6) is 5.75 Å². The van der Waals surface area contributed by atoms with E-state index in [-0.39, 0.29) is 24.5 Å². The van der Waals surface area contributed by atoms with Gasteiger partial charge in [-0.25, -0.2) is 13.2 Å². The van der Waals surface area contributed by atoms with Crippen LogP contribution in [0, 0.1) is 6.92 Å². The van der Waals surface area contributed by atoms with Gasteiger partial charge in [0.1, 0.15) is 12.4 Å². The summed E-state index contributed by atoms with van der Waals surface area (Å²) in [6.45, 7) is 7.07. The maximum absolute atomic E-state index is 12.4. The largest absolute Gasteiger partial charge is 0.492 e. The first-order chi connectivity index (χ1) is 12.8. The first kappa shape index (κ1) is 21.5. The molecule has 2 rings (SSSR count). The van der Waals surface area contributed by atoms with Crippen LogP contribution in [-0.4, -0.2) is 69.5 Å². The van der Waals surface area contributed by atoms with E-state index < -0.39 is 16.1 Å². The number of ether oxygens (including phenoxy) is 2. The van der Waals surface area contributed by atoms with Crippen molar-refractivity contribution in [2.75, 3.05) is 38.5 Å². The van der Waals surface area contributed by atoms with Crippen molar-refractivity contribution in [3.63, 3.8) is 0 Å². The topological polar surface area (TPSA) is 97.0 Å². The highest BCUT2D eigenvalue weighted by molar-refractivity contribution is 7.89. The van der Waals surface area contributed by atoms with Gasteiger partial charge in [0.2, 0.25) is 10.0 Å². The van der Waals surface area contributed by atoms with Crippen LogP contribution in [0.4, 0.5) is 4.79 Å². The van der Waals surface area contributed by atoms with Gasteiger partial charge >= 0.3 is 6.03 Å². The number of nitrogens with one attached hydrogen (secondary N) is 2. The maximum atomic E-state index is 12.4. The predicted octanol–water partition coefficient (Wildman–Crippen LogP) is 1.11. The Labute approximate surface area is 161 Å². The van der Waals surface area contributed by atoms with E-state index in [1.807, 2.05) is 45.0 Å². The number of benzene rings is 1. The van der Waals surface area contributed by atoms with E-state index in [0.29, 0.717) is 26.2 Å². The molecule has 2 N–H and O–H groups in total. The van der Waals surface area contributed by atoms with Gasteiger partial charge in [-0.3, -0.25) is 0 Å². The van der Waals surface area contributed by atoms with E-state index in [4.69, 9.17) is 9.47 Å². The van der Waals surface area contributed by atoms with E-state index in [2.05, 4.69) is 10.6 Å². The van der Waals surface area contributed by atoms with Crippen LogP contribution in [0.1, 0.15) is 19.4 Å². The van der Waals surface area contributed by atoms with E-state index in [0.717, 1.165) is 11.3 Å². The average molecular weight is 400 g/mol. The maximum Gasteiger partial charge on any atom is 0.314 e. The summed E-state index contributed by atoms with van der Waals surface area (Å²) in [6, 6.07) is 7.23. The number of nitrogens with zero attached hydrogens (tertiary/aromatic N) is 1. The summed E-state index contributed by atoms with van der Waals surface area (Å²) in [6.07, 6.45) is -0.263. The van der Waals surface area contributed by atoms with Crippen molar-refractivity contribution in [3.05, 3.63) is 29.8 Å². The van der Waals surface area contributed by atoms with Crippen molar-refractivity contribution < 1.29 is 22.7 Å². The summed E-state index contributed by atoms with van der Waals surface area (Å²) in [5, 5.41) is 5.21. The molecule has 152 valence electrons. The first-order valence-corrected chi connectivity index (χ1v) is 10.7. The Hall–Kier alpha value is -1.84. The minimum absolute atomic E-state index is 0.0486. The van der Waals surface area contributed by atoms with Gasteiger partial charge in [0.15, 0.2) is 0 Å². The summed E-state index contributed by atoms with van der Waals surface area (Å²) < 4.78 is 37.3. The normalized spacial score (nSPS) is 20.9. The van der Waals surface area contributed by atoms with Gasteiger partial charge in [-0.05, 0) is 38.5 Å². The third-order valence-corrected chi connectivity index (χ3v) is 5.88. The second-order valence-corrected chi connectivity index (χ2v) is 8.83. The van der Waals surface area contributed by atoms with Crippen LogP contribution in [-0.2, 0) is 14.8 Å². The van der Waals surface area contributed by atoms with Crippen molar-refractivity contribution in [1.29, 1.82) is 0 Å². The molecule has 1 aromatic rings. The standard InChI is InChI=1S/C18H29N3O5S/c1-14-5-4-6-17(11-14)25-9-7-19-18(22)20-8-10-27(23,24)21-12-15(2)26-16(3)13-21/h4-6,11,15-16H,7-10,12-13H2,1-3H3,(H2,19,20,22)/t15-,16-/m0/s1. The molecule has 8 nitrogen and oxygen atoms in total. The lowest BCUT2D eigenvalue weighted by atomic mass is 10.2. The Kier molecular flexibility index (Phi) is 7.88. The highest BCUT2D eigenvalue weighted by Gasteiger charge is 2.30. The second-order valence-electron chi connectivity index (χ2n) is 6.74. The molecule has 1 fully saturated rings. The quantitative estimate of drug-likeness (QED) is 0.639. The number of hydrogen-bond donors (Lipinski definition) is 2. The zero-order chi connectivity index (χ0) is 19.9. The monoisotopic (exact) mass is 399 g/mol. The van der Waals surface area contributed by atoms with Crippen LogP contribution >= 0.6 is 0 Å². The molecule has 1 saturated heterocycles. The van der Waals surface area contributed by atoms with Crippen LogP contribution in [0.2, 0.25) is 0 Å². The molecule has 1 aliphatic rings. The molecule has 0 bridgehead atoms. The smallest absolute Gasteiger partial charge is 0.314 e. The molecule has 2 amide bonds. The molecule has 27 heavy (non-hydrogen) atoms. The van der Waals surface area contributed by atoms with E-state index in [1.54, 1.807) is 0 Å². The van der Waals surface area contributed by atoms with Gasteiger partial charge < -0.3 is 20.1 Å². The van der Waals surface area contributed by atoms with Gasteiger partial charge in [0.25, 0.3) is 0 Å². The Balaban J connectivity index is 1.63. The van der Waals surface area contributed by atoms with Crippen LogP contribution < -0.4 is 15.4 Å². The summed E-state index contributed by atoms with van der Waals surface area (Å²) in [4.78, 5) is 11.8. The molecule has 1 aliphatic heterocycles. The number of carbonyl (C=O) groups is 1. The van der Waals surface area contributed by atoms with Crippen LogP contribution in [0.3, 0.4) is 0 Å². The second kappa shape index (κ2) is 9.91. The van der Waals surface area contributed by atoms with E-state index in [1.165, 1.54) is 4.31 Å². The average Bonchev–Trinajstić information content (AvgIpc) is 2.58. The van der Waals surface area contributed by atoms with Crippen molar-refractivity contribution >= 4 is 16.1 Å². The first-order valence-electron chi connectivity index (χ1n) is 9.11. The van der Waals surface area contributed by atoms with Gasteiger partial charge in [0, 0.05) is 19.6 Å². The summed E-state index contributed by atoms with van der Waals surface area (Å²) >= 11 is 0. The van der Waals surface area contributed by atoms with Crippen LogP contribution in [0.15, 0.2) is 24.3 Å². The number of aryl methyl sites for hydroxylation is 1. The molecule has 0 radical (unpaired) electrons. The highest BCUT2D eigenvalue weighted by Crippen LogP contribution is 2.14. The molecule has 1 aromatic carbocycles. The van der Waals surface area contributed by atoms with Crippen molar-refractivity contribution in [3.8, 4) is 5.75 Å². The van der Waals surface area contributed by atoms with Crippen LogP contribution in [0.25, 0.3) is 0 Å². The third kappa shape index (κ3) is 7.36. The SMILES string of the molecule is Cc1cccc(OCCNC(=O)NCCS(=O)(=O)N2C[C@H](C)O[C@@H](C)C2)c1. The number of urea groups is 1. The van der Waals surface area contributed by atoms with Gasteiger partial charge in [-0.2, -0.15) is 4.31 Å². The van der Waals surface area contributed by atoms with Gasteiger partial charge in [-0.15, -0.1) is 0 Å². The van der Waals surface area contributed by atoms with Gasteiger partial charge in [0.05, 0.1) is 24.5 Å². The summed E-state index contributed by atoms with van der Waals surface area (Å²) in [5.74, 6) is 0.608. The molecular weight excluding hydrogens is 370 g/mol. The Morgan fingerprint density at radius 2 is 1.89 bits per heavy atom. The fourth-order valence-electron chi connectivity index (χ4n) is 2.88. The van der Waals surface area contributed by atoms with Crippen molar-refractivity contribution in [2.24, 2.45) is 0 Å². The highest BCUT2D eigenvalue weighted by atomic mass is 32.2. The van der Waals surface area contributed by atoms with Gasteiger partial charge in [-0.1, -0.05) is 12.1 Å². The molecular formula is C18H29N3O5S. The minimum Gasteiger partial charge on any atom is -0.492 e. The van der Waals surface area contributed by atoms with Crippen molar-refractivity contribution in [1.82, 2.24) is 14.9 Å². The third-order valence-electron chi connectivity index (χ3n) is 4.07. The van der Waals surface area contributed by atoms with E-state index >= 15 is 0 Å². The fraction of sp³-hybridized carbons (Fsp3) is 0.611. The molecule has 0 aromatic heterocycles. The number of hydrogen-bond acceptors (Lipinski definition) is 5. The predicted molar refractivity (Wildman–Crippen MR) is 103 cm³/mol. The minimum atomic E-state index is -3.42. The number of carbonyl (C=O) groups excluding carboxylic acids is 1. The molecule has 0 saturated carbocycles. The lowest BCUT2D eigenvalue weighted by Gasteiger charge is -2.34. The Morgan fingerprint density at radius 1 is 1.22 bits per heavy atom. The lowest BCUT2D eigenvalue weighted by Crippen LogP contribution is -2.50. The molecule has 1 heterocycles. The lowest BCUT2D eigenvalue weighted by molar-refractivity contribution is -0.0440. The molecule has 0 aliphatic carbocycles. The fourth-order valence-corrected chi connectivity index (χ4v) is 4.37. The molecule has 0 unspecified atom stereocenters.